The number of aryl methyl sites for hydroxylation is 1. The molecule has 1 fully saturated rings. The summed E-state index contributed by atoms with van der Waals surface area (Å²) < 4.78 is 6.11. The van der Waals surface area contributed by atoms with Crippen LogP contribution in [0.2, 0.25) is 0 Å². The molecular weight excluding hydrogens is 348 g/mol. The van der Waals surface area contributed by atoms with Crippen LogP contribution in [0.25, 0.3) is 11.0 Å². The van der Waals surface area contributed by atoms with Crippen molar-refractivity contribution in [1.29, 1.82) is 0 Å². The summed E-state index contributed by atoms with van der Waals surface area (Å²) in [6, 6.07) is 8.71. The van der Waals surface area contributed by atoms with Gasteiger partial charge in [-0.25, -0.2) is 4.79 Å². The van der Waals surface area contributed by atoms with Gasteiger partial charge in [0, 0.05) is 27.2 Å². The number of fused-ring (bicyclic) bond motifs is 1. The minimum absolute atomic E-state index is 0.0838. The fourth-order valence-corrected chi connectivity index (χ4v) is 4.53. The van der Waals surface area contributed by atoms with Crippen LogP contribution in [0.4, 0.5) is 0 Å². The molecule has 4 nitrogen and oxygen atoms in total. The van der Waals surface area contributed by atoms with Gasteiger partial charge in [0.25, 0.3) is 0 Å². The SMILES string of the molecule is C=CCc1c(C2CC2c2ccc(C)s2)oc2ccc(C(=O)O)cc2c1=O. The number of aromatic carboxylic acids is 1. The maximum absolute atomic E-state index is 13.0. The second kappa shape index (κ2) is 6.25. The van der Waals surface area contributed by atoms with E-state index in [4.69, 9.17) is 4.42 Å². The zero-order valence-corrected chi connectivity index (χ0v) is 15.1. The first kappa shape index (κ1) is 16.8. The average molecular weight is 366 g/mol. The second-order valence-corrected chi connectivity index (χ2v) is 8.00. The van der Waals surface area contributed by atoms with Gasteiger partial charge in [-0.15, -0.1) is 17.9 Å². The van der Waals surface area contributed by atoms with E-state index < -0.39 is 5.97 Å². The van der Waals surface area contributed by atoms with E-state index in [0.29, 0.717) is 28.9 Å². The Morgan fingerprint density at radius 2 is 2.15 bits per heavy atom. The number of rotatable bonds is 5. The molecule has 0 amide bonds. The predicted molar refractivity (Wildman–Crippen MR) is 102 cm³/mol. The number of hydrogen-bond acceptors (Lipinski definition) is 4. The van der Waals surface area contributed by atoms with Crippen molar-refractivity contribution in [1.82, 2.24) is 0 Å². The molecule has 5 heteroatoms. The molecule has 1 aromatic carbocycles. The highest BCUT2D eigenvalue weighted by Gasteiger charge is 2.44. The maximum Gasteiger partial charge on any atom is 0.335 e. The highest BCUT2D eigenvalue weighted by molar-refractivity contribution is 7.12. The summed E-state index contributed by atoms with van der Waals surface area (Å²) in [7, 11) is 0. The molecule has 0 radical (unpaired) electrons. The van der Waals surface area contributed by atoms with Crippen LogP contribution in [0.15, 0.2) is 52.2 Å². The maximum atomic E-state index is 13.0. The van der Waals surface area contributed by atoms with Crippen molar-refractivity contribution < 1.29 is 14.3 Å². The summed E-state index contributed by atoms with van der Waals surface area (Å²) in [5.74, 6) is 0.243. The minimum atomic E-state index is -1.06. The van der Waals surface area contributed by atoms with Crippen LogP contribution in [0.3, 0.4) is 0 Å². The molecule has 1 aliphatic rings. The van der Waals surface area contributed by atoms with Crippen LogP contribution in [0, 0.1) is 6.92 Å². The molecule has 2 unspecified atom stereocenters. The number of carbonyl (C=O) groups is 1. The molecule has 1 aliphatic carbocycles. The van der Waals surface area contributed by atoms with E-state index in [1.54, 1.807) is 23.5 Å². The fraction of sp³-hybridized carbons (Fsp3) is 0.238. The fourth-order valence-electron chi connectivity index (χ4n) is 3.47. The molecule has 0 aliphatic heterocycles. The van der Waals surface area contributed by atoms with E-state index in [1.807, 2.05) is 0 Å². The van der Waals surface area contributed by atoms with E-state index >= 15 is 0 Å². The second-order valence-electron chi connectivity index (χ2n) is 6.68. The zero-order valence-electron chi connectivity index (χ0n) is 14.3. The van der Waals surface area contributed by atoms with E-state index in [0.717, 1.165) is 12.2 Å². The average Bonchev–Trinajstić information content (AvgIpc) is 3.30. The van der Waals surface area contributed by atoms with Gasteiger partial charge in [0.15, 0.2) is 5.43 Å². The number of thiophene rings is 1. The third kappa shape index (κ3) is 2.78. The van der Waals surface area contributed by atoms with Crippen LogP contribution in [0.1, 0.15) is 49.7 Å². The lowest BCUT2D eigenvalue weighted by Gasteiger charge is -2.09. The smallest absolute Gasteiger partial charge is 0.335 e. The Bertz CT molecular complexity index is 1090. The van der Waals surface area contributed by atoms with Crippen LogP contribution in [0.5, 0.6) is 0 Å². The van der Waals surface area contributed by atoms with Crippen LogP contribution in [-0.2, 0) is 6.42 Å². The van der Waals surface area contributed by atoms with Gasteiger partial charge in [-0.1, -0.05) is 6.08 Å². The standard InChI is InChI=1S/C21H18O4S/c1-3-4-13-19(22)16-9-12(21(23)24)6-7-17(16)25-20(13)15-10-14(15)18-8-5-11(2)26-18/h3,5-9,14-15H,1,4,10H2,2H3,(H,23,24). The highest BCUT2D eigenvalue weighted by Crippen LogP contribution is 2.56. The van der Waals surface area contributed by atoms with Crippen molar-refractivity contribution in [3.63, 3.8) is 0 Å². The molecule has 2 atom stereocenters. The quantitative estimate of drug-likeness (QED) is 0.655. The van der Waals surface area contributed by atoms with Crippen molar-refractivity contribution in [2.45, 2.75) is 31.6 Å². The number of carboxylic acids is 1. The van der Waals surface area contributed by atoms with Gasteiger partial charge in [0.1, 0.15) is 11.3 Å². The Balaban J connectivity index is 1.83. The predicted octanol–water partition coefficient (Wildman–Crippen LogP) is 4.86. The summed E-state index contributed by atoms with van der Waals surface area (Å²) in [4.78, 5) is 26.8. The molecule has 4 rings (SSSR count). The molecule has 2 heterocycles. The lowest BCUT2D eigenvalue weighted by atomic mass is 10.0. The van der Waals surface area contributed by atoms with E-state index in [-0.39, 0.29) is 16.9 Å². The molecule has 0 spiro atoms. The number of carboxylic acid groups (broad SMARTS) is 1. The first-order chi connectivity index (χ1) is 12.5. The third-order valence-electron chi connectivity index (χ3n) is 4.86. The number of allylic oxidation sites excluding steroid dienone is 1. The third-order valence-corrected chi connectivity index (χ3v) is 6.00. The number of benzene rings is 1. The summed E-state index contributed by atoms with van der Waals surface area (Å²) in [5.41, 5.74) is 0.962. The van der Waals surface area contributed by atoms with Crippen LogP contribution < -0.4 is 5.43 Å². The van der Waals surface area contributed by atoms with Gasteiger partial charge in [-0.05, 0) is 50.1 Å². The lowest BCUT2D eigenvalue weighted by Crippen LogP contribution is -2.13. The summed E-state index contributed by atoms with van der Waals surface area (Å²) in [6.07, 6.45) is 3.07. The van der Waals surface area contributed by atoms with Gasteiger partial charge in [-0.2, -0.15) is 0 Å². The van der Waals surface area contributed by atoms with E-state index in [2.05, 4.69) is 25.6 Å². The monoisotopic (exact) mass is 366 g/mol. The first-order valence-electron chi connectivity index (χ1n) is 8.49. The first-order valence-corrected chi connectivity index (χ1v) is 9.31. The Labute approximate surface area is 154 Å². The van der Waals surface area contributed by atoms with E-state index in [1.165, 1.54) is 21.9 Å². The van der Waals surface area contributed by atoms with Crippen LogP contribution >= 0.6 is 11.3 Å². The van der Waals surface area contributed by atoms with Crippen molar-refractivity contribution in [3.8, 4) is 0 Å². The topological polar surface area (TPSA) is 67.5 Å². The molecule has 3 aromatic rings. The van der Waals surface area contributed by atoms with Gasteiger partial charge in [-0.3, -0.25) is 4.79 Å². The molecule has 0 saturated heterocycles. The molecule has 1 N–H and O–H groups in total. The summed E-state index contributed by atoms with van der Waals surface area (Å²) >= 11 is 1.78. The van der Waals surface area contributed by atoms with Crippen molar-refractivity contribution in [2.24, 2.45) is 0 Å². The largest absolute Gasteiger partial charge is 0.478 e. The number of hydrogen-bond donors (Lipinski definition) is 1. The summed E-state index contributed by atoms with van der Waals surface area (Å²) in [6.45, 7) is 5.84. The van der Waals surface area contributed by atoms with Crippen molar-refractivity contribution in [3.05, 3.63) is 79.9 Å². The molecule has 0 bridgehead atoms. The van der Waals surface area contributed by atoms with Gasteiger partial charge >= 0.3 is 5.97 Å². The van der Waals surface area contributed by atoms with Crippen molar-refractivity contribution >= 4 is 28.3 Å². The Hall–Kier alpha value is -2.66. The molecule has 1 saturated carbocycles. The van der Waals surface area contributed by atoms with Gasteiger partial charge in [0.05, 0.1) is 10.9 Å². The molecule has 26 heavy (non-hydrogen) atoms. The highest BCUT2D eigenvalue weighted by atomic mass is 32.1. The molecule has 132 valence electrons. The van der Waals surface area contributed by atoms with Crippen LogP contribution in [-0.4, -0.2) is 11.1 Å². The Morgan fingerprint density at radius 3 is 2.81 bits per heavy atom. The Kier molecular flexibility index (Phi) is 4.04. The van der Waals surface area contributed by atoms with Gasteiger partial charge in [0.2, 0.25) is 0 Å². The normalized spacial score (nSPS) is 18.8. The zero-order chi connectivity index (χ0) is 18.4. The lowest BCUT2D eigenvalue weighted by molar-refractivity contribution is 0.0697. The van der Waals surface area contributed by atoms with Gasteiger partial charge < -0.3 is 9.52 Å². The molecular formula is C21H18O4S. The van der Waals surface area contributed by atoms with Crippen molar-refractivity contribution in [2.75, 3.05) is 0 Å². The minimum Gasteiger partial charge on any atom is -0.478 e. The van der Waals surface area contributed by atoms with E-state index in [9.17, 15) is 14.7 Å². The Morgan fingerprint density at radius 1 is 1.35 bits per heavy atom. The molecule has 2 aromatic heterocycles. The summed E-state index contributed by atoms with van der Waals surface area (Å²) in [5, 5.41) is 9.49.